The van der Waals surface area contributed by atoms with Gasteiger partial charge in [-0.1, -0.05) is 19.1 Å². The Balaban J connectivity index is 1.98. The van der Waals surface area contributed by atoms with Crippen molar-refractivity contribution < 1.29 is 4.74 Å². The molecule has 0 saturated carbocycles. The van der Waals surface area contributed by atoms with Crippen LogP contribution in [0.15, 0.2) is 24.3 Å². The van der Waals surface area contributed by atoms with Crippen LogP contribution in [0.3, 0.4) is 0 Å². The molecule has 102 valence electrons. The molecular formula is C14H20N4O. The monoisotopic (exact) mass is 260 g/mol. The Morgan fingerprint density at radius 1 is 1.26 bits per heavy atom. The fourth-order valence-corrected chi connectivity index (χ4v) is 1.77. The topological polar surface area (TPSA) is 66.0 Å². The zero-order valence-corrected chi connectivity index (χ0v) is 11.6. The maximum Gasteiger partial charge on any atom is 0.170 e. The van der Waals surface area contributed by atoms with Gasteiger partial charge in [0.1, 0.15) is 18.2 Å². The van der Waals surface area contributed by atoms with Crippen molar-refractivity contribution in [2.75, 3.05) is 0 Å². The molecule has 0 fully saturated rings. The molecule has 2 aromatic rings. The van der Waals surface area contributed by atoms with Gasteiger partial charge < -0.3 is 15.0 Å². The summed E-state index contributed by atoms with van der Waals surface area (Å²) >= 11 is 0. The van der Waals surface area contributed by atoms with E-state index in [1.54, 1.807) is 0 Å². The first-order valence-corrected chi connectivity index (χ1v) is 6.45. The lowest BCUT2D eigenvalue weighted by Crippen LogP contribution is -2.08. The van der Waals surface area contributed by atoms with Crippen molar-refractivity contribution in [3.8, 4) is 5.75 Å². The van der Waals surface area contributed by atoms with Crippen LogP contribution in [0.25, 0.3) is 0 Å². The number of rotatable bonds is 5. The molecule has 1 atom stereocenters. The Morgan fingerprint density at radius 3 is 2.47 bits per heavy atom. The number of hydrogen-bond donors (Lipinski definition) is 1. The summed E-state index contributed by atoms with van der Waals surface area (Å²) in [5, 5.41) is 8.05. The van der Waals surface area contributed by atoms with Gasteiger partial charge in [0.2, 0.25) is 0 Å². The lowest BCUT2D eigenvalue weighted by Gasteiger charge is -2.10. The predicted octanol–water partition coefficient (Wildman–Crippen LogP) is 2.11. The molecule has 0 aliphatic rings. The van der Waals surface area contributed by atoms with Gasteiger partial charge in [-0.05, 0) is 31.0 Å². The van der Waals surface area contributed by atoms with Crippen molar-refractivity contribution in [3.63, 3.8) is 0 Å². The molecule has 0 saturated heterocycles. The van der Waals surface area contributed by atoms with E-state index in [1.807, 2.05) is 42.8 Å². The molecule has 2 rings (SSSR count). The van der Waals surface area contributed by atoms with Crippen molar-refractivity contribution >= 4 is 0 Å². The molecule has 5 nitrogen and oxygen atoms in total. The van der Waals surface area contributed by atoms with Crippen molar-refractivity contribution in [1.29, 1.82) is 0 Å². The summed E-state index contributed by atoms with van der Waals surface area (Å²) < 4.78 is 7.61. The highest BCUT2D eigenvalue weighted by Gasteiger charge is 2.06. The Morgan fingerprint density at radius 2 is 1.95 bits per heavy atom. The zero-order valence-electron chi connectivity index (χ0n) is 11.6. The maximum atomic E-state index is 5.97. The van der Waals surface area contributed by atoms with Crippen LogP contribution in [-0.4, -0.2) is 14.8 Å². The molecule has 2 N–H and O–H groups in total. The van der Waals surface area contributed by atoms with Gasteiger partial charge >= 0.3 is 0 Å². The highest BCUT2D eigenvalue weighted by Crippen LogP contribution is 2.18. The minimum absolute atomic E-state index is 0.0930. The van der Waals surface area contributed by atoms with Crippen LogP contribution in [0.2, 0.25) is 0 Å². The smallest absolute Gasteiger partial charge is 0.170 e. The number of ether oxygens (including phenoxy) is 1. The fraction of sp³-hybridized carbons (Fsp3) is 0.429. The van der Waals surface area contributed by atoms with Gasteiger partial charge in [0, 0.05) is 13.1 Å². The molecule has 0 aliphatic carbocycles. The lowest BCUT2D eigenvalue weighted by atomic mass is 10.1. The van der Waals surface area contributed by atoms with E-state index in [9.17, 15) is 0 Å². The molecule has 0 bridgehead atoms. The molecule has 19 heavy (non-hydrogen) atoms. The third kappa shape index (κ3) is 3.12. The molecular weight excluding hydrogens is 240 g/mol. The van der Waals surface area contributed by atoms with Crippen LogP contribution in [0.1, 0.15) is 36.6 Å². The molecule has 0 aliphatic heterocycles. The van der Waals surface area contributed by atoms with E-state index in [1.165, 1.54) is 0 Å². The van der Waals surface area contributed by atoms with Gasteiger partial charge in [-0.2, -0.15) is 0 Å². The highest BCUT2D eigenvalue weighted by atomic mass is 16.5. The summed E-state index contributed by atoms with van der Waals surface area (Å²) in [5.41, 5.74) is 7.10. The van der Waals surface area contributed by atoms with Crippen LogP contribution in [0.5, 0.6) is 5.75 Å². The predicted molar refractivity (Wildman–Crippen MR) is 73.7 cm³/mol. The Kier molecular flexibility index (Phi) is 4.16. The molecule has 0 spiro atoms. The Labute approximate surface area is 113 Å². The molecule has 1 aromatic carbocycles. The van der Waals surface area contributed by atoms with Crippen LogP contribution in [-0.2, 0) is 13.7 Å². The third-order valence-corrected chi connectivity index (χ3v) is 3.30. The molecule has 1 aromatic heterocycles. The molecule has 0 radical (unpaired) electrons. The van der Waals surface area contributed by atoms with Gasteiger partial charge in [0.15, 0.2) is 5.82 Å². The van der Waals surface area contributed by atoms with Crippen molar-refractivity contribution in [3.05, 3.63) is 41.5 Å². The van der Waals surface area contributed by atoms with Gasteiger partial charge in [-0.3, -0.25) is 0 Å². The third-order valence-electron chi connectivity index (χ3n) is 3.30. The van der Waals surface area contributed by atoms with E-state index in [2.05, 4.69) is 17.1 Å². The number of aryl methyl sites for hydroxylation is 1. The van der Waals surface area contributed by atoms with Gasteiger partial charge in [-0.25, -0.2) is 0 Å². The molecule has 0 amide bonds. The van der Waals surface area contributed by atoms with E-state index in [4.69, 9.17) is 10.5 Å². The summed E-state index contributed by atoms with van der Waals surface area (Å²) in [6.45, 7) is 4.40. The Bertz CT molecular complexity index is 533. The summed E-state index contributed by atoms with van der Waals surface area (Å²) in [4.78, 5) is 0. The van der Waals surface area contributed by atoms with Crippen molar-refractivity contribution in [2.45, 2.75) is 32.9 Å². The molecule has 1 heterocycles. The van der Waals surface area contributed by atoms with Crippen molar-refractivity contribution in [2.24, 2.45) is 12.8 Å². The number of nitrogens with two attached hydrogens (primary N) is 1. The quantitative estimate of drug-likeness (QED) is 0.894. The minimum Gasteiger partial charge on any atom is -0.486 e. The molecule has 0 unspecified atom stereocenters. The summed E-state index contributed by atoms with van der Waals surface area (Å²) in [6, 6.07) is 7.98. The first kappa shape index (κ1) is 13.5. The number of aromatic nitrogens is 3. The summed E-state index contributed by atoms with van der Waals surface area (Å²) in [7, 11) is 1.93. The number of nitrogens with zero attached hydrogens (tertiary/aromatic N) is 3. The van der Waals surface area contributed by atoms with Crippen LogP contribution in [0.4, 0.5) is 0 Å². The number of hydrogen-bond acceptors (Lipinski definition) is 4. The maximum absolute atomic E-state index is 5.97. The second-order valence-electron chi connectivity index (χ2n) is 4.59. The van der Waals surface area contributed by atoms with E-state index >= 15 is 0 Å². The normalized spacial score (nSPS) is 12.4. The van der Waals surface area contributed by atoms with E-state index < -0.39 is 0 Å². The van der Waals surface area contributed by atoms with Crippen LogP contribution < -0.4 is 10.5 Å². The first-order valence-electron chi connectivity index (χ1n) is 6.45. The largest absolute Gasteiger partial charge is 0.486 e. The SMILES string of the molecule is CC[C@@H](N)c1ccc(OCc2nnc(C)n2C)cc1. The fourth-order valence-electron chi connectivity index (χ4n) is 1.77. The highest BCUT2D eigenvalue weighted by molar-refractivity contribution is 5.29. The van der Waals surface area contributed by atoms with Gasteiger partial charge in [-0.15, -0.1) is 10.2 Å². The van der Waals surface area contributed by atoms with E-state index in [0.29, 0.717) is 6.61 Å². The van der Waals surface area contributed by atoms with Gasteiger partial charge in [0.25, 0.3) is 0 Å². The first-order chi connectivity index (χ1) is 9.11. The van der Waals surface area contributed by atoms with E-state index in [0.717, 1.165) is 29.4 Å². The average Bonchev–Trinajstić information content (AvgIpc) is 2.76. The van der Waals surface area contributed by atoms with E-state index in [-0.39, 0.29) is 6.04 Å². The average molecular weight is 260 g/mol. The lowest BCUT2D eigenvalue weighted by molar-refractivity contribution is 0.291. The summed E-state index contributed by atoms with van der Waals surface area (Å²) in [6.07, 6.45) is 0.929. The standard InChI is InChI=1S/C14H20N4O/c1-4-13(15)11-5-7-12(8-6-11)19-9-14-17-16-10(2)18(14)3/h5-8,13H,4,9,15H2,1-3H3/t13-/m1/s1. The zero-order chi connectivity index (χ0) is 13.8. The van der Waals surface area contributed by atoms with Crippen LogP contribution >= 0.6 is 0 Å². The summed E-state index contributed by atoms with van der Waals surface area (Å²) in [5.74, 6) is 2.50. The van der Waals surface area contributed by atoms with Crippen LogP contribution in [0, 0.1) is 6.92 Å². The number of benzene rings is 1. The second-order valence-corrected chi connectivity index (χ2v) is 4.59. The van der Waals surface area contributed by atoms with Gasteiger partial charge in [0.05, 0.1) is 0 Å². The Hall–Kier alpha value is -1.88. The minimum atomic E-state index is 0.0930. The second kappa shape index (κ2) is 5.84. The molecule has 5 heteroatoms. The van der Waals surface area contributed by atoms with Crippen molar-refractivity contribution in [1.82, 2.24) is 14.8 Å².